The number of methoxy groups -OCH3 is 1. The Morgan fingerprint density at radius 2 is 1.84 bits per heavy atom. The summed E-state index contributed by atoms with van der Waals surface area (Å²) in [7, 11) is 1.59. The fourth-order valence-corrected chi connectivity index (χ4v) is 1.89. The highest BCUT2D eigenvalue weighted by Crippen LogP contribution is 2.28. The van der Waals surface area contributed by atoms with Gasteiger partial charge in [-0.2, -0.15) is 0 Å². The number of aryl methyl sites for hydroxylation is 1. The van der Waals surface area contributed by atoms with Gasteiger partial charge in [-0.1, -0.05) is 35.9 Å². The van der Waals surface area contributed by atoms with Gasteiger partial charge in [-0.25, -0.2) is 0 Å². The molecule has 0 amide bonds. The van der Waals surface area contributed by atoms with Gasteiger partial charge in [0, 0.05) is 0 Å². The maximum atomic E-state index is 9.09. The second-order valence-corrected chi connectivity index (χ2v) is 4.42. The molecular weight excluding hydrogens is 240 g/mol. The molecule has 2 rings (SSSR count). The molecule has 0 saturated carbocycles. The number of rotatable bonds is 5. The van der Waals surface area contributed by atoms with Crippen LogP contribution in [0.25, 0.3) is 0 Å². The van der Waals surface area contributed by atoms with Crippen LogP contribution in [0.15, 0.2) is 42.5 Å². The summed E-state index contributed by atoms with van der Waals surface area (Å²) in [5, 5.41) is 9.09. The first kappa shape index (κ1) is 13.4. The lowest BCUT2D eigenvalue weighted by Gasteiger charge is -2.12. The third-order valence-corrected chi connectivity index (χ3v) is 2.89. The molecule has 0 bridgehead atoms. The first-order valence-electron chi connectivity index (χ1n) is 6.19. The molecular formula is C16H18O3. The van der Waals surface area contributed by atoms with Crippen molar-refractivity contribution in [2.24, 2.45) is 0 Å². The van der Waals surface area contributed by atoms with Crippen molar-refractivity contribution in [1.82, 2.24) is 0 Å². The Morgan fingerprint density at radius 3 is 2.53 bits per heavy atom. The van der Waals surface area contributed by atoms with E-state index < -0.39 is 0 Å². The minimum Gasteiger partial charge on any atom is -0.493 e. The van der Waals surface area contributed by atoms with E-state index in [1.54, 1.807) is 13.2 Å². The maximum Gasteiger partial charge on any atom is 0.161 e. The van der Waals surface area contributed by atoms with Crippen LogP contribution in [-0.4, -0.2) is 12.2 Å². The van der Waals surface area contributed by atoms with Crippen molar-refractivity contribution < 1.29 is 14.6 Å². The third kappa shape index (κ3) is 3.48. The second kappa shape index (κ2) is 6.25. The van der Waals surface area contributed by atoms with E-state index in [0.29, 0.717) is 18.1 Å². The van der Waals surface area contributed by atoms with Gasteiger partial charge in [0.1, 0.15) is 6.61 Å². The fourth-order valence-electron chi connectivity index (χ4n) is 1.89. The minimum atomic E-state index is -0.00544. The van der Waals surface area contributed by atoms with Gasteiger partial charge in [0.2, 0.25) is 0 Å². The molecule has 1 N–H and O–H groups in total. The maximum absolute atomic E-state index is 9.09. The Balaban J connectivity index is 2.11. The summed E-state index contributed by atoms with van der Waals surface area (Å²) in [4.78, 5) is 0. The lowest BCUT2D eigenvalue weighted by Crippen LogP contribution is -1.98. The topological polar surface area (TPSA) is 38.7 Å². The standard InChI is InChI=1S/C16H18O3/c1-12-4-3-5-14(8-12)11-19-15-7-6-13(10-17)9-16(15)18-2/h3-9,17H,10-11H2,1-2H3. The first-order chi connectivity index (χ1) is 9.22. The van der Waals surface area contributed by atoms with Crippen LogP contribution in [0.5, 0.6) is 11.5 Å². The molecule has 0 unspecified atom stereocenters. The monoisotopic (exact) mass is 258 g/mol. The molecule has 0 aromatic heterocycles. The van der Waals surface area contributed by atoms with Gasteiger partial charge in [-0.15, -0.1) is 0 Å². The molecule has 0 aliphatic rings. The number of aliphatic hydroxyl groups is 1. The predicted octanol–water partition coefficient (Wildman–Crippen LogP) is 3.07. The van der Waals surface area contributed by atoms with E-state index in [-0.39, 0.29) is 6.61 Å². The van der Waals surface area contributed by atoms with Gasteiger partial charge in [-0.05, 0) is 30.2 Å². The average molecular weight is 258 g/mol. The second-order valence-electron chi connectivity index (χ2n) is 4.42. The summed E-state index contributed by atoms with van der Waals surface area (Å²) >= 11 is 0. The van der Waals surface area contributed by atoms with Crippen molar-refractivity contribution in [1.29, 1.82) is 0 Å². The van der Waals surface area contributed by atoms with Crippen molar-refractivity contribution in [3.63, 3.8) is 0 Å². The van der Waals surface area contributed by atoms with Gasteiger partial charge in [0.05, 0.1) is 13.7 Å². The zero-order valence-corrected chi connectivity index (χ0v) is 11.2. The minimum absolute atomic E-state index is 0.00544. The molecule has 2 aromatic carbocycles. The molecule has 0 atom stereocenters. The highest BCUT2D eigenvalue weighted by atomic mass is 16.5. The predicted molar refractivity (Wildman–Crippen MR) is 74.4 cm³/mol. The van der Waals surface area contributed by atoms with Crippen molar-refractivity contribution in [3.8, 4) is 11.5 Å². The largest absolute Gasteiger partial charge is 0.493 e. The van der Waals surface area contributed by atoms with E-state index in [0.717, 1.165) is 11.1 Å². The van der Waals surface area contributed by atoms with Crippen molar-refractivity contribution in [3.05, 3.63) is 59.2 Å². The van der Waals surface area contributed by atoms with E-state index in [1.807, 2.05) is 24.3 Å². The molecule has 0 fully saturated rings. The van der Waals surface area contributed by atoms with Crippen LogP contribution in [0.2, 0.25) is 0 Å². The molecule has 0 spiro atoms. The first-order valence-corrected chi connectivity index (χ1v) is 6.19. The van der Waals surface area contributed by atoms with Crippen LogP contribution < -0.4 is 9.47 Å². The molecule has 19 heavy (non-hydrogen) atoms. The molecule has 0 radical (unpaired) electrons. The van der Waals surface area contributed by atoms with Gasteiger partial charge in [0.25, 0.3) is 0 Å². The normalized spacial score (nSPS) is 10.3. The number of hydrogen-bond acceptors (Lipinski definition) is 3. The molecule has 0 aliphatic heterocycles. The zero-order chi connectivity index (χ0) is 13.7. The quantitative estimate of drug-likeness (QED) is 0.895. The molecule has 0 heterocycles. The van der Waals surface area contributed by atoms with Crippen molar-refractivity contribution in [2.45, 2.75) is 20.1 Å². The Kier molecular flexibility index (Phi) is 4.42. The summed E-state index contributed by atoms with van der Waals surface area (Å²) in [6.45, 7) is 2.55. The van der Waals surface area contributed by atoms with Crippen LogP contribution in [0.1, 0.15) is 16.7 Å². The smallest absolute Gasteiger partial charge is 0.161 e. The van der Waals surface area contributed by atoms with Gasteiger partial charge in [-0.3, -0.25) is 0 Å². The number of ether oxygens (including phenoxy) is 2. The number of hydrogen-bond donors (Lipinski definition) is 1. The van der Waals surface area contributed by atoms with Gasteiger partial charge >= 0.3 is 0 Å². The SMILES string of the molecule is COc1cc(CO)ccc1OCc1cccc(C)c1. The molecule has 3 heteroatoms. The van der Waals surface area contributed by atoms with Crippen LogP contribution in [-0.2, 0) is 13.2 Å². The Morgan fingerprint density at radius 1 is 1.00 bits per heavy atom. The van der Waals surface area contributed by atoms with E-state index in [2.05, 4.69) is 19.1 Å². The van der Waals surface area contributed by atoms with Gasteiger partial charge < -0.3 is 14.6 Å². The highest BCUT2D eigenvalue weighted by molar-refractivity contribution is 5.43. The van der Waals surface area contributed by atoms with E-state index in [9.17, 15) is 0 Å². The molecule has 3 nitrogen and oxygen atoms in total. The Hall–Kier alpha value is -2.00. The summed E-state index contributed by atoms with van der Waals surface area (Å²) in [6, 6.07) is 13.6. The molecule has 100 valence electrons. The highest BCUT2D eigenvalue weighted by Gasteiger charge is 2.05. The zero-order valence-electron chi connectivity index (χ0n) is 11.2. The molecule has 0 aliphatic carbocycles. The summed E-state index contributed by atoms with van der Waals surface area (Å²) in [5.41, 5.74) is 3.14. The lowest BCUT2D eigenvalue weighted by atomic mass is 10.1. The lowest BCUT2D eigenvalue weighted by molar-refractivity contribution is 0.274. The summed E-state index contributed by atoms with van der Waals surface area (Å²) in [6.07, 6.45) is 0. The number of aliphatic hydroxyl groups excluding tert-OH is 1. The van der Waals surface area contributed by atoms with E-state index in [1.165, 1.54) is 5.56 Å². The van der Waals surface area contributed by atoms with Crippen molar-refractivity contribution >= 4 is 0 Å². The Bertz CT molecular complexity index is 549. The summed E-state index contributed by atoms with van der Waals surface area (Å²) in [5.74, 6) is 1.32. The van der Waals surface area contributed by atoms with Crippen LogP contribution in [0.4, 0.5) is 0 Å². The van der Waals surface area contributed by atoms with E-state index >= 15 is 0 Å². The van der Waals surface area contributed by atoms with E-state index in [4.69, 9.17) is 14.6 Å². The van der Waals surface area contributed by atoms with Crippen molar-refractivity contribution in [2.75, 3.05) is 7.11 Å². The van der Waals surface area contributed by atoms with Crippen LogP contribution in [0, 0.1) is 6.92 Å². The van der Waals surface area contributed by atoms with Gasteiger partial charge in [0.15, 0.2) is 11.5 Å². The molecule has 2 aromatic rings. The average Bonchev–Trinajstić information content (AvgIpc) is 2.45. The summed E-state index contributed by atoms with van der Waals surface area (Å²) < 4.78 is 11.0. The fraction of sp³-hybridized carbons (Fsp3) is 0.250. The molecule has 0 saturated heterocycles. The Labute approximate surface area is 113 Å². The number of benzene rings is 2. The van der Waals surface area contributed by atoms with Crippen LogP contribution in [0.3, 0.4) is 0 Å². The third-order valence-electron chi connectivity index (χ3n) is 2.89. The van der Waals surface area contributed by atoms with Crippen LogP contribution >= 0.6 is 0 Å².